The van der Waals surface area contributed by atoms with Crippen LogP contribution in [-0.4, -0.2) is 12.6 Å². The Kier molecular flexibility index (Phi) is 6.77. The van der Waals surface area contributed by atoms with E-state index in [-0.39, 0.29) is 29.1 Å². The highest BCUT2D eigenvalue weighted by Crippen LogP contribution is 2.38. The number of hydrogen-bond acceptors (Lipinski definition) is 6. The molecule has 4 rings (SSSR count). The zero-order chi connectivity index (χ0) is 25.0. The van der Waals surface area contributed by atoms with Crippen LogP contribution in [0.3, 0.4) is 0 Å². The molecule has 6 nitrogen and oxygen atoms in total. The van der Waals surface area contributed by atoms with Crippen molar-refractivity contribution in [2.24, 2.45) is 0 Å². The molecule has 35 heavy (non-hydrogen) atoms. The highest BCUT2D eigenvalue weighted by Gasteiger charge is 2.40. The van der Waals surface area contributed by atoms with Gasteiger partial charge < -0.3 is 18.6 Å². The van der Waals surface area contributed by atoms with Crippen molar-refractivity contribution in [3.63, 3.8) is 0 Å². The predicted molar refractivity (Wildman–Crippen MR) is 120 cm³/mol. The molecule has 180 valence electrons. The van der Waals surface area contributed by atoms with E-state index in [2.05, 4.69) is 0 Å². The van der Waals surface area contributed by atoms with E-state index in [9.17, 15) is 22.8 Å². The largest absolute Gasteiger partial charge is 0.482 e. The molecule has 0 atom stereocenters. The zero-order valence-corrected chi connectivity index (χ0v) is 18.4. The smallest absolute Gasteiger partial charge is 0.453 e. The second-order valence-corrected chi connectivity index (χ2v) is 7.60. The minimum absolute atomic E-state index is 0.0257. The maximum atomic E-state index is 13.7. The summed E-state index contributed by atoms with van der Waals surface area (Å²) in [5, 5.41) is -0.139. The van der Waals surface area contributed by atoms with Gasteiger partial charge >= 0.3 is 12.1 Å². The Morgan fingerprint density at radius 3 is 2.43 bits per heavy atom. The lowest BCUT2D eigenvalue weighted by Crippen LogP contribution is -2.16. The first kappa shape index (κ1) is 23.9. The van der Waals surface area contributed by atoms with Gasteiger partial charge in [0, 0.05) is 6.07 Å². The highest BCUT2D eigenvalue weighted by atomic mass is 19.4. The second kappa shape index (κ2) is 9.92. The van der Waals surface area contributed by atoms with Crippen molar-refractivity contribution in [2.45, 2.75) is 19.7 Å². The standard InChI is InChI=1S/C26H19F3O6/c1-16-6-5-9-19(12-16)34-24-23(31)20-11-10-18(13-21(20)35-25(24)26(27,28)29)32-15-22(30)33-14-17-7-3-2-4-8-17/h2-13H,14-15H2,1H3. The number of carbonyl (C=O) groups is 1. The van der Waals surface area contributed by atoms with E-state index in [4.69, 9.17) is 18.6 Å². The fourth-order valence-corrected chi connectivity index (χ4v) is 3.24. The molecule has 4 aromatic rings. The quantitative estimate of drug-likeness (QED) is 0.298. The number of rotatable bonds is 7. The normalized spacial score (nSPS) is 11.3. The van der Waals surface area contributed by atoms with E-state index in [0.29, 0.717) is 0 Å². The first-order chi connectivity index (χ1) is 16.7. The van der Waals surface area contributed by atoms with Gasteiger partial charge in [-0.05, 0) is 42.3 Å². The number of halogens is 3. The van der Waals surface area contributed by atoms with E-state index in [1.807, 2.05) is 6.07 Å². The van der Waals surface area contributed by atoms with Crippen LogP contribution < -0.4 is 14.9 Å². The molecule has 3 aromatic carbocycles. The average molecular weight is 484 g/mol. The zero-order valence-electron chi connectivity index (χ0n) is 18.4. The molecule has 0 spiro atoms. The number of benzene rings is 3. The molecular weight excluding hydrogens is 465 g/mol. The second-order valence-electron chi connectivity index (χ2n) is 7.60. The van der Waals surface area contributed by atoms with Crippen molar-refractivity contribution in [3.05, 3.63) is 99.9 Å². The van der Waals surface area contributed by atoms with E-state index >= 15 is 0 Å². The van der Waals surface area contributed by atoms with Gasteiger partial charge in [-0.25, -0.2) is 4.79 Å². The third-order valence-electron chi connectivity index (χ3n) is 4.89. The number of carbonyl (C=O) groups excluding carboxylic acids is 1. The predicted octanol–water partition coefficient (Wildman–Crippen LogP) is 6.03. The Morgan fingerprint density at radius 1 is 0.943 bits per heavy atom. The van der Waals surface area contributed by atoms with Gasteiger partial charge in [0.2, 0.25) is 11.2 Å². The number of esters is 1. The van der Waals surface area contributed by atoms with E-state index in [0.717, 1.165) is 17.2 Å². The van der Waals surface area contributed by atoms with Crippen LogP contribution in [0.1, 0.15) is 16.9 Å². The molecule has 0 unspecified atom stereocenters. The summed E-state index contributed by atoms with van der Waals surface area (Å²) in [5.74, 6) is -3.12. The van der Waals surface area contributed by atoms with Gasteiger partial charge in [0.25, 0.3) is 5.76 Å². The average Bonchev–Trinajstić information content (AvgIpc) is 2.83. The minimum Gasteiger partial charge on any atom is -0.482 e. The molecule has 0 bridgehead atoms. The maximum absolute atomic E-state index is 13.7. The SMILES string of the molecule is Cc1cccc(Oc2c(C(F)(F)F)oc3cc(OCC(=O)OCc4ccccc4)ccc3c2=O)c1. The van der Waals surface area contributed by atoms with Gasteiger partial charge in [-0.15, -0.1) is 0 Å². The lowest BCUT2D eigenvalue weighted by Gasteiger charge is -2.14. The van der Waals surface area contributed by atoms with E-state index in [1.54, 1.807) is 43.3 Å². The molecule has 0 aliphatic heterocycles. The first-order valence-electron chi connectivity index (χ1n) is 10.5. The summed E-state index contributed by atoms with van der Waals surface area (Å²) >= 11 is 0. The van der Waals surface area contributed by atoms with Crippen LogP contribution in [0.4, 0.5) is 13.2 Å². The summed E-state index contributed by atoms with van der Waals surface area (Å²) in [4.78, 5) is 24.8. The van der Waals surface area contributed by atoms with E-state index in [1.165, 1.54) is 24.3 Å². The highest BCUT2D eigenvalue weighted by molar-refractivity contribution is 5.80. The topological polar surface area (TPSA) is 75.0 Å². The lowest BCUT2D eigenvalue weighted by atomic mass is 10.2. The summed E-state index contributed by atoms with van der Waals surface area (Å²) in [6.07, 6.45) is -5.00. The molecule has 9 heteroatoms. The van der Waals surface area contributed by atoms with Gasteiger partial charge in [0.1, 0.15) is 23.7 Å². The number of alkyl halides is 3. The molecule has 0 amide bonds. The summed E-state index contributed by atoms with van der Waals surface area (Å²) in [6, 6.07) is 19.0. The third kappa shape index (κ3) is 5.81. The summed E-state index contributed by atoms with van der Waals surface area (Å²) in [6.45, 7) is 1.30. The molecular formula is C26H19F3O6. The van der Waals surface area contributed by atoms with Crippen LogP contribution in [0.2, 0.25) is 0 Å². The lowest BCUT2D eigenvalue weighted by molar-refractivity contribution is -0.154. The van der Waals surface area contributed by atoms with Crippen molar-refractivity contribution < 1.29 is 36.6 Å². The van der Waals surface area contributed by atoms with Crippen molar-refractivity contribution in [1.29, 1.82) is 0 Å². The number of fused-ring (bicyclic) bond motifs is 1. The van der Waals surface area contributed by atoms with Crippen LogP contribution in [-0.2, 0) is 22.3 Å². The molecule has 1 aromatic heterocycles. The Hall–Kier alpha value is -4.27. The Labute approximate surface area is 197 Å². The first-order valence-corrected chi connectivity index (χ1v) is 10.5. The van der Waals surface area contributed by atoms with Crippen molar-refractivity contribution in [3.8, 4) is 17.2 Å². The summed E-state index contributed by atoms with van der Waals surface area (Å²) in [5.41, 5.74) is 0.171. The molecule has 0 aliphatic rings. The molecule has 0 fully saturated rings. The van der Waals surface area contributed by atoms with Crippen molar-refractivity contribution >= 4 is 16.9 Å². The maximum Gasteiger partial charge on any atom is 0.453 e. The van der Waals surface area contributed by atoms with Gasteiger partial charge in [0.15, 0.2) is 6.61 Å². The molecule has 1 heterocycles. The number of hydrogen-bond donors (Lipinski definition) is 0. The summed E-state index contributed by atoms with van der Waals surface area (Å²) in [7, 11) is 0. The van der Waals surface area contributed by atoms with Crippen LogP contribution in [0, 0.1) is 6.92 Å². The fraction of sp³-hybridized carbons (Fsp3) is 0.154. The van der Waals surface area contributed by atoms with Gasteiger partial charge in [-0.2, -0.15) is 13.2 Å². The van der Waals surface area contributed by atoms with Crippen LogP contribution in [0.15, 0.2) is 82.0 Å². The monoisotopic (exact) mass is 484 g/mol. The number of ether oxygens (including phenoxy) is 3. The Balaban J connectivity index is 1.56. The van der Waals surface area contributed by atoms with Gasteiger partial charge in [-0.3, -0.25) is 4.79 Å². The van der Waals surface area contributed by atoms with Crippen LogP contribution in [0.25, 0.3) is 11.0 Å². The van der Waals surface area contributed by atoms with Gasteiger partial charge in [0.05, 0.1) is 5.39 Å². The Morgan fingerprint density at radius 2 is 1.71 bits per heavy atom. The van der Waals surface area contributed by atoms with Crippen LogP contribution >= 0.6 is 0 Å². The van der Waals surface area contributed by atoms with E-state index < -0.39 is 35.7 Å². The van der Waals surface area contributed by atoms with Crippen molar-refractivity contribution in [2.75, 3.05) is 6.61 Å². The molecule has 0 N–H and O–H groups in total. The molecule has 0 saturated carbocycles. The molecule has 0 saturated heterocycles. The van der Waals surface area contributed by atoms with Crippen LogP contribution in [0.5, 0.6) is 17.2 Å². The molecule has 0 aliphatic carbocycles. The molecule has 0 radical (unpaired) electrons. The third-order valence-corrected chi connectivity index (χ3v) is 4.89. The summed E-state index contributed by atoms with van der Waals surface area (Å²) < 4.78 is 61.9. The van der Waals surface area contributed by atoms with Crippen molar-refractivity contribution in [1.82, 2.24) is 0 Å². The Bertz CT molecular complexity index is 1410. The number of aryl methyl sites for hydroxylation is 1. The van der Waals surface area contributed by atoms with Gasteiger partial charge in [-0.1, -0.05) is 42.5 Å². The minimum atomic E-state index is -5.00. The fourth-order valence-electron chi connectivity index (χ4n) is 3.24.